The van der Waals surface area contributed by atoms with Gasteiger partial charge in [-0.1, -0.05) is 6.07 Å². The third kappa shape index (κ3) is 4.41. The van der Waals surface area contributed by atoms with Crippen LogP contribution in [0.1, 0.15) is 17.3 Å². The van der Waals surface area contributed by atoms with Gasteiger partial charge in [0.1, 0.15) is 13.2 Å². The van der Waals surface area contributed by atoms with Crippen LogP contribution in [0.15, 0.2) is 36.4 Å². The average molecular weight is 373 g/mol. The van der Waals surface area contributed by atoms with Gasteiger partial charge in [-0.15, -0.1) is 0 Å². The molecule has 0 aliphatic carbocycles. The van der Waals surface area contributed by atoms with Crippen molar-refractivity contribution in [2.24, 2.45) is 0 Å². The molecule has 0 aromatic heterocycles. The number of carbonyl (C=O) groups is 2. The molecular weight excluding hydrogens is 354 g/mol. The molecule has 1 amide bonds. The molecule has 0 saturated heterocycles. The number of hydrogen-bond donors (Lipinski definition) is 2. The molecular formula is C19H19NO7. The number of carboxylic acid groups (broad SMARTS) is 1. The highest BCUT2D eigenvalue weighted by Crippen LogP contribution is 2.37. The quantitative estimate of drug-likeness (QED) is 0.769. The number of ether oxygens (including phenoxy) is 4. The normalized spacial score (nSPS) is 12.2. The lowest BCUT2D eigenvalue weighted by atomic mass is 10.1. The van der Waals surface area contributed by atoms with Crippen LogP contribution in [0.4, 0.5) is 5.69 Å². The Kier molecular flexibility index (Phi) is 5.65. The van der Waals surface area contributed by atoms with E-state index < -0.39 is 12.6 Å². The van der Waals surface area contributed by atoms with Crippen molar-refractivity contribution in [3.8, 4) is 23.0 Å². The lowest BCUT2D eigenvalue weighted by Crippen LogP contribution is -2.19. The Hall–Kier alpha value is -3.42. The Labute approximate surface area is 155 Å². The van der Waals surface area contributed by atoms with Gasteiger partial charge in [0.05, 0.1) is 12.3 Å². The van der Waals surface area contributed by atoms with Crippen molar-refractivity contribution in [1.29, 1.82) is 0 Å². The Bertz CT molecular complexity index is 850. The molecule has 142 valence electrons. The maximum Gasteiger partial charge on any atom is 0.341 e. The summed E-state index contributed by atoms with van der Waals surface area (Å²) < 4.78 is 21.7. The highest BCUT2D eigenvalue weighted by molar-refractivity contribution is 6.05. The van der Waals surface area contributed by atoms with E-state index >= 15 is 0 Å². The number of carboxylic acids is 1. The van der Waals surface area contributed by atoms with Crippen LogP contribution in [-0.4, -0.2) is 43.4 Å². The molecule has 1 aliphatic rings. The SMILES string of the molecule is CCOc1cc(C(=O)Nc2cccc3c2OCCO3)ccc1OCC(=O)O. The van der Waals surface area contributed by atoms with Crippen molar-refractivity contribution in [3.05, 3.63) is 42.0 Å². The van der Waals surface area contributed by atoms with Crippen LogP contribution in [0.25, 0.3) is 0 Å². The minimum Gasteiger partial charge on any atom is -0.490 e. The number of para-hydroxylation sites is 1. The first-order chi connectivity index (χ1) is 13.1. The van der Waals surface area contributed by atoms with E-state index in [9.17, 15) is 9.59 Å². The fourth-order valence-corrected chi connectivity index (χ4v) is 2.54. The lowest BCUT2D eigenvalue weighted by Gasteiger charge is -2.21. The largest absolute Gasteiger partial charge is 0.490 e. The number of carbonyl (C=O) groups excluding carboxylic acids is 1. The molecule has 0 spiro atoms. The van der Waals surface area contributed by atoms with Crippen LogP contribution in [0.3, 0.4) is 0 Å². The predicted molar refractivity (Wildman–Crippen MR) is 96.1 cm³/mol. The van der Waals surface area contributed by atoms with E-state index in [2.05, 4.69) is 5.32 Å². The van der Waals surface area contributed by atoms with Crippen LogP contribution < -0.4 is 24.3 Å². The molecule has 3 rings (SSSR count). The standard InChI is InChI=1S/C19H19NO7/c1-2-24-16-10-12(6-7-14(16)27-11-17(21)22)19(23)20-13-4-3-5-15-18(13)26-9-8-25-15/h3-7,10H,2,8-9,11H2,1H3,(H,20,23)(H,21,22). The third-order valence-electron chi connectivity index (χ3n) is 3.67. The van der Waals surface area contributed by atoms with Crippen LogP contribution >= 0.6 is 0 Å². The fraction of sp³-hybridized carbons (Fsp3) is 0.263. The summed E-state index contributed by atoms with van der Waals surface area (Å²) in [6.45, 7) is 2.48. The monoisotopic (exact) mass is 373 g/mol. The number of aliphatic carboxylic acids is 1. The molecule has 2 N–H and O–H groups in total. The first-order valence-corrected chi connectivity index (χ1v) is 8.40. The van der Waals surface area contributed by atoms with Gasteiger partial charge in [0.25, 0.3) is 5.91 Å². The van der Waals surface area contributed by atoms with Crippen LogP contribution in [0.2, 0.25) is 0 Å². The number of anilines is 1. The van der Waals surface area contributed by atoms with Gasteiger partial charge in [0.15, 0.2) is 29.6 Å². The van der Waals surface area contributed by atoms with Crippen LogP contribution in [0, 0.1) is 0 Å². The van der Waals surface area contributed by atoms with E-state index in [0.29, 0.717) is 48.3 Å². The summed E-state index contributed by atoms with van der Waals surface area (Å²) in [6.07, 6.45) is 0. The number of fused-ring (bicyclic) bond motifs is 1. The molecule has 8 heteroatoms. The van der Waals surface area contributed by atoms with Crippen molar-refractivity contribution >= 4 is 17.6 Å². The summed E-state index contributed by atoms with van der Waals surface area (Å²) in [7, 11) is 0. The Balaban J connectivity index is 1.80. The van der Waals surface area contributed by atoms with Gasteiger partial charge in [-0.05, 0) is 37.3 Å². The molecule has 0 fully saturated rings. The first kappa shape index (κ1) is 18.4. The van der Waals surface area contributed by atoms with Gasteiger partial charge >= 0.3 is 5.97 Å². The van der Waals surface area contributed by atoms with Gasteiger partial charge in [-0.2, -0.15) is 0 Å². The molecule has 0 atom stereocenters. The summed E-state index contributed by atoms with van der Waals surface area (Å²) in [5.74, 6) is 0.138. The second-order valence-corrected chi connectivity index (χ2v) is 5.56. The highest BCUT2D eigenvalue weighted by Gasteiger charge is 2.19. The van der Waals surface area contributed by atoms with E-state index in [1.54, 1.807) is 25.1 Å². The summed E-state index contributed by atoms with van der Waals surface area (Å²) in [6, 6.07) is 9.79. The molecule has 27 heavy (non-hydrogen) atoms. The van der Waals surface area contributed by atoms with Gasteiger partial charge in [0, 0.05) is 5.56 Å². The minimum absolute atomic E-state index is 0.254. The smallest absolute Gasteiger partial charge is 0.341 e. The molecule has 2 aromatic rings. The Morgan fingerprint density at radius 3 is 2.70 bits per heavy atom. The summed E-state index contributed by atoms with van der Waals surface area (Å²) >= 11 is 0. The van der Waals surface area contributed by atoms with E-state index in [0.717, 1.165) is 0 Å². The summed E-state index contributed by atoms with van der Waals surface area (Å²) in [4.78, 5) is 23.3. The van der Waals surface area contributed by atoms with E-state index in [-0.39, 0.29) is 11.7 Å². The van der Waals surface area contributed by atoms with Gasteiger partial charge in [0.2, 0.25) is 0 Å². The van der Waals surface area contributed by atoms with Crippen LogP contribution in [0.5, 0.6) is 23.0 Å². The fourth-order valence-electron chi connectivity index (χ4n) is 2.54. The Morgan fingerprint density at radius 2 is 1.93 bits per heavy atom. The molecule has 2 aromatic carbocycles. The van der Waals surface area contributed by atoms with Gasteiger partial charge in [-0.3, -0.25) is 4.79 Å². The van der Waals surface area contributed by atoms with E-state index in [1.165, 1.54) is 18.2 Å². The zero-order valence-corrected chi connectivity index (χ0v) is 14.7. The molecule has 0 unspecified atom stereocenters. The second-order valence-electron chi connectivity index (χ2n) is 5.56. The zero-order valence-electron chi connectivity index (χ0n) is 14.7. The van der Waals surface area contributed by atoms with Crippen molar-refractivity contribution in [2.45, 2.75) is 6.92 Å². The second kappa shape index (κ2) is 8.31. The summed E-state index contributed by atoms with van der Waals surface area (Å²) in [5, 5.41) is 11.5. The third-order valence-corrected chi connectivity index (χ3v) is 3.67. The van der Waals surface area contributed by atoms with Crippen molar-refractivity contribution in [1.82, 2.24) is 0 Å². The minimum atomic E-state index is -1.10. The first-order valence-electron chi connectivity index (χ1n) is 8.40. The number of nitrogens with one attached hydrogen (secondary N) is 1. The molecule has 0 saturated carbocycles. The van der Waals surface area contributed by atoms with Crippen molar-refractivity contribution in [3.63, 3.8) is 0 Å². The molecule has 8 nitrogen and oxygen atoms in total. The molecule has 1 aliphatic heterocycles. The lowest BCUT2D eigenvalue weighted by molar-refractivity contribution is -0.139. The summed E-state index contributed by atoms with van der Waals surface area (Å²) in [5.41, 5.74) is 0.830. The number of amides is 1. The zero-order chi connectivity index (χ0) is 19.2. The highest BCUT2D eigenvalue weighted by atomic mass is 16.6. The number of hydrogen-bond acceptors (Lipinski definition) is 6. The predicted octanol–water partition coefficient (Wildman–Crippen LogP) is 2.57. The van der Waals surface area contributed by atoms with E-state index in [1.807, 2.05) is 0 Å². The molecule has 1 heterocycles. The molecule has 0 bridgehead atoms. The molecule has 0 radical (unpaired) electrons. The number of rotatable bonds is 7. The van der Waals surface area contributed by atoms with Gasteiger partial charge < -0.3 is 29.4 Å². The van der Waals surface area contributed by atoms with Crippen molar-refractivity contribution in [2.75, 3.05) is 31.7 Å². The Morgan fingerprint density at radius 1 is 1.11 bits per heavy atom. The van der Waals surface area contributed by atoms with Crippen LogP contribution in [-0.2, 0) is 4.79 Å². The average Bonchev–Trinajstić information content (AvgIpc) is 2.67. The maximum absolute atomic E-state index is 12.6. The topological polar surface area (TPSA) is 103 Å². The maximum atomic E-state index is 12.6. The van der Waals surface area contributed by atoms with Gasteiger partial charge in [-0.25, -0.2) is 4.79 Å². The van der Waals surface area contributed by atoms with E-state index in [4.69, 9.17) is 24.1 Å². The van der Waals surface area contributed by atoms with Crippen molar-refractivity contribution < 1.29 is 33.6 Å². The number of benzene rings is 2.